The van der Waals surface area contributed by atoms with E-state index in [2.05, 4.69) is 59.2 Å². The molecule has 1 fully saturated rings. The van der Waals surface area contributed by atoms with Gasteiger partial charge in [-0.3, -0.25) is 0 Å². The summed E-state index contributed by atoms with van der Waals surface area (Å²) >= 11 is 3.66. The molecule has 2 rings (SSSR count). The van der Waals surface area contributed by atoms with Crippen molar-refractivity contribution in [1.82, 2.24) is 4.90 Å². The Balaban J connectivity index is 1.94. The Morgan fingerprint density at radius 2 is 1.94 bits per heavy atom. The van der Waals surface area contributed by atoms with Crippen molar-refractivity contribution in [2.75, 3.05) is 32.0 Å². The first-order chi connectivity index (χ1) is 8.56. The highest BCUT2D eigenvalue weighted by Crippen LogP contribution is 2.28. The lowest BCUT2D eigenvalue weighted by molar-refractivity contribution is 0.226. The quantitative estimate of drug-likeness (QED) is 0.913. The lowest BCUT2D eigenvalue weighted by Gasteiger charge is -2.29. The summed E-state index contributed by atoms with van der Waals surface area (Å²) in [6.45, 7) is 7.88. The van der Waals surface area contributed by atoms with E-state index in [0.29, 0.717) is 0 Å². The SMILES string of the molecule is Cc1cc(C)c(NCC2CCN(C)CC2)c(Br)c1. The van der Waals surface area contributed by atoms with Gasteiger partial charge in [0.25, 0.3) is 0 Å². The van der Waals surface area contributed by atoms with E-state index in [0.717, 1.165) is 12.5 Å². The number of hydrogen-bond donors (Lipinski definition) is 1. The van der Waals surface area contributed by atoms with Crippen LogP contribution in [0.3, 0.4) is 0 Å². The topological polar surface area (TPSA) is 15.3 Å². The number of hydrogen-bond acceptors (Lipinski definition) is 2. The first-order valence-electron chi connectivity index (χ1n) is 6.75. The smallest absolute Gasteiger partial charge is 0.0514 e. The number of aryl methyl sites for hydroxylation is 2. The van der Waals surface area contributed by atoms with E-state index in [1.807, 2.05) is 0 Å². The van der Waals surface area contributed by atoms with E-state index in [9.17, 15) is 0 Å². The van der Waals surface area contributed by atoms with Gasteiger partial charge >= 0.3 is 0 Å². The highest BCUT2D eigenvalue weighted by Gasteiger charge is 2.16. The fraction of sp³-hybridized carbons (Fsp3) is 0.600. The second-order valence-electron chi connectivity index (χ2n) is 5.57. The van der Waals surface area contributed by atoms with Crippen LogP contribution in [0.4, 0.5) is 5.69 Å². The maximum atomic E-state index is 3.66. The lowest BCUT2D eigenvalue weighted by Crippen LogP contribution is -2.33. The maximum absolute atomic E-state index is 3.66. The van der Waals surface area contributed by atoms with E-state index in [1.54, 1.807) is 0 Å². The number of benzene rings is 1. The predicted octanol–water partition coefficient (Wildman–Crippen LogP) is 3.82. The molecule has 1 saturated heterocycles. The largest absolute Gasteiger partial charge is 0.384 e. The first-order valence-corrected chi connectivity index (χ1v) is 7.54. The van der Waals surface area contributed by atoms with Crippen LogP contribution in [0, 0.1) is 19.8 Å². The molecule has 1 aliphatic rings. The zero-order chi connectivity index (χ0) is 13.1. The maximum Gasteiger partial charge on any atom is 0.0514 e. The Hall–Kier alpha value is -0.540. The number of anilines is 1. The van der Waals surface area contributed by atoms with Gasteiger partial charge in [-0.2, -0.15) is 0 Å². The molecule has 1 N–H and O–H groups in total. The average molecular weight is 311 g/mol. The van der Waals surface area contributed by atoms with Crippen molar-refractivity contribution in [3.8, 4) is 0 Å². The molecule has 0 radical (unpaired) electrons. The number of likely N-dealkylation sites (tertiary alicyclic amines) is 1. The van der Waals surface area contributed by atoms with E-state index < -0.39 is 0 Å². The van der Waals surface area contributed by atoms with Gasteiger partial charge in [0.15, 0.2) is 0 Å². The van der Waals surface area contributed by atoms with E-state index >= 15 is 0 Å². The summed E-state index contributed by atoms with van der Waals surface area (Å²) < 4.78 is 1.19. The Bertz CT molecular complexity index is 386. The second-order valence-corrected chi connectivity index (χ2v) is 6.42. The third-order valence-corrected chi connectivity index (χ3v) is 4.46. The van der Waals surface area contributed by atoms with Crippen LogP contribution in [0.5, 0.6) is 0 Å². The monoisotopic (exact) mass is 310 g/mol. The average Bonchev–Trinajstić information content (AvgIpc) is 2.30. The third kappa shape index (κ3) is 3.48. The van der Waals surface area contributed by atoms with E-state index in [4.69, 9.17) is 0 Å². The standard InChI is InChI=1S/C15H23BrN2/c1-11-8-12(2)15(14(16)9-11)17-10-13-4-6-18(3)7-5-13/h8-9,13,17H,4-7,10H2,1-3H3. The summed E-state index contributed by atoms with van der Waals surface area (Å²) in [6.07, 6.45) is 2.62. The number of halogens is 1. The summed E-state index contributed by atoms with van der Waals surface area (Å²) in [7, 11) is 2.21. The van der Waals surface area contributed by atoms with Gasteiger partial charge in [0.2, 0.25) is 0 Å². The summed E-state index contributed by atoms with van der Waals surface area (Å²) in [6, 6.07) is 4.42. The molecule has 1 heterocycles. The lowest BCUT2D eigenvalue weighted by atomic mass is 9.97. The molecule has 0 aliphatic carbocycles. The minimum atomic E-state index is 0.814. The Morgan fingerprint density at radius 1 is 1.28 bits per heavy atom. The molecule has 0 unspecified atom stereocenters. The van der Waals surface area contributed by atoms with Crippen LogP contribution >= 0.6 is 15.9 Å². The van der Waals surface area contributed by atoms with E-state index in [1.165, 1.54) is 47.2 Å². The number of nitrogens with zero attached hydrogens (tertiary/aromatic N) is 1. The van der Waals surface area contributed by atoms with Crippen LogP contribution in [0.25, 0.3) is 0 Å². The number of rotatable bonds is 3. The zero-order valence-corrected chi connectivity index (χ0v) is 13.2. The van der Waals surface area contributed by atoms with Crippen LogP contribution < -0.4 is 5.32 Å². The molecule has 1 aromatic rings. The van der Waals surface area contributed by atoms with Crippen molar-refractivity contribution in [2.24, 2.45) is 5.92 Å². The van der Waals surface area contributed by atoms with Gasteiger partial charge in [-0.15, -0.1) is 0 Å². The molecule has 0 atom stereocenters. The highest BCUT2D eigenvalue weighted by atomic mass is 79.9. The van der Waals surface area contributed by atoms with Gasteiger partial charge in [0.1, 0.15) is 0 Å². The minimum Gasteiger partial charge on any atom is -0.384 e. The molecule has 0 bridgehead atoms. The molecule has 1 aliphatic heterocycles. The van der Waals surface area contributed by atoms with Crippen LogP contribution in [0.15, 0.2) is 16.6 Å². The molecule has 0 amide bonds. The molecular weight excluding hydrogens is 288 g/mol. The minimum absolute atomic E-state index is 0.814. The van der Waals surface area contributed by atoms with Crippen molar-refractivity contribution in [3.05, 3.63) is 27.7 Å². The van der Waals surface area contributed by atoms with Crippen molar-refractivity contribution in [1.29, 1.82) is 0 Å². The number of nitrogens with one attached hydrogen (secondary N) is 1. The van der Waals surface area contributed by atoms with Crippen LogP contribution in [0.1, 0.15) is 24.0 Å². The van der Waals surface area contributed by atoms with Gasteiger partial charge < -0.3 is 10.2 Å². The van der Waals surface area contributed by atoms with Gasteiger partial charge in [0.05, 0.1) is 5.69 Å². The number of piperidine rings is 1. The Kier molecular flexibility index (Phi) is 4.68. The van der Waals surface area contributed by atoms with Gasteiger partial charge in [-0.05, 0) is 85.9 Å². The van der Waals surface area contributed by atoms with Gasteiger partial charge in [-0.25, -0.2) is 0 Å². The highest BCUT2D eigenvalue weighted by molar-refractivity contribution is 9.10. The summed E-state index contributed by atoms with van der Waals surface area (Å²) in [5.41, 5.74) is 3.90. The van der Waals surface area contributed by atoms with Crippen LogP contribution in [-0.2, 0) is 0 Å². The molecule has 1 aromatic carbocycles. The molecular formula is C15H23BrN2. The summed E-state index contributed by atoms with van der Waals surface area (Å²) in [4.78, 5) is 2.42. The molecule has 2 nitrogen and oxygen atoms in total. The molecule has 0 saturated carbocycles. The molecule has 18 heavy (non-hydrogen) atoms. The van der Waals surface area contributed by atoms with E-state index in [-0.39, 0.29) is 0 Å². The van der Waals surface area contributed by atoms with Crippen molar-refractivity contribution in [3.63, 3.8) is 0 Å². The van der Waals surface area contributed by atoms with Crippen molar-refractivity contribution < 1.29 is 0 Å². The normalized spacial score (nSPS) is 18.0. The van der Waals surface area contributed by atoms with Gasteiger partial charge in [-0.1, -0.05) is 6.07 Å². The zero-order valence-electron chi connectivity index (χ0n) is 11.6. The van der Waals surface area contributed by atoms with Crippen LogP contribution in [-0.4, -0.2) is 31.6 Å². The molecule has 0 aromatic heterocycles. The van der Waals surface area contributed by atoms with Gasteiger partial charge in [0, 0.05) is 11.0 Å². The summed E-state index contributed by atoms with van der Waals surface area (Å²) in [5, 5.41) is 3.63. The Morgan fingerprint density at radius 3 is 2.56 bits per heavy atom. The third-order valence-electron chi connectivity index (χ3n) is 3.84. The molecule has 0 spiro atoms. The van der Waals surface area contributed by atoms with Crippen molar-refractivity contribution >= 4 is 21.6 Å². The first kappa shape index (κ1) is 13.9. The van der Waals surface area contributed by atoms with Crippen molar-refractivity contribution in [2.45, 2.75) is 26.7 Å². The summed E-state index contributed by atoms with van der Waals surface area (Å²) in [5.74, 6) is 0.814. The fourth-order valence-corrected chi connectivity index (χ4v) is 3.47. The Labute approximate surface area is 119 Å². The fourth-order valence-electron chi connectivity index (χ4n) is 2.65. The van der Waals surface area contributed by atoms with Crippen LogP contribution in [0.2, 0.25) is 0 Å². The predicted molar refractivity (Wildman–Crippen MR) is 82.3 cm³/mol. The molecule has 3 heteroatoms. The second kappa shape index (κ2) is 6.07. The molecule has 100 valence electrons.